The van der Waals surface area contributed by atoms with Gasteiger partial charge in [-0.3, -0.25) is 19.8 Å². The average molecular weight is 630 g/mol. The lowest BCUT2D eigenvalue weighted by Crippen LogP contribution is -2.60. The van der Waals surface area contributed by atoms with Gasteiger partial charge in [0.25, 0.3) is 5.91 Å². The number of hydrogen-bond acceptors (Lipinski definition) is 8. The van der Waals surface area contributed by atoms with E-state index < -0.39 is 17.3 Å². The van der Waals surface area contributed by atoms with Gasteiger partial charge in [0.2, 0.25) is 5.95 Å². The number of rotatable bonds is 7. The van der Waals surface area contributed by atoms with Crippen LogP contribution in [-0.4, -0.2) is 103 Å². The van der Waals surface area contributed by atoms with Crippen LogP contribution in [0, 0.1) is 11.2 Å². The molecule has 3 aromatic heterocycles. The molecule has 3 aliphatic heterocycles. The van der Waals surface area contributed by atoms with Crippen LogP contribution < -0.4 is 10.2 Å². The summed E-state index contributed by atoms with van der Waals surface area (Å²) in [7, 11) is 3.96. The van der Waals surface area contributed by atoms with E-state index in [2.05, 4.69) is 49.3 Å². The molecule has 12 heteroatoms. The van der Waals surface area contributed by atoms with Crippen molar-refractivity contribution in [1.29, 1.82) is 0 Å². The zero-order valence-electron chi connectivity index (χ0n) is 27.2. The second kappa shape index (κ2) is 11.7. The summed E-state index contributed by atoms with van der Waals surface area (Å²) >= 11 is 0. The lowest BCUT2D eigenvalue weighted by Gasteiger charge is -2.54. The summed E-state index contributed by atoms with van der Waals surface area (Å²) in [5.74, 6) is -1.13. The minimum absolute atomic E-state index is 0.0505. The van der Waals surface area contributed by atoms with Crippen molar-refractivity contribution in [2.45, 2.75) is 57.7 Å². The number of benzene rings is 1. The van der Waals surface area contributed by atoms with Crippen LogP contribution in [0.1, 0.15) is 49.9 Å². The van der Waals surface area contributed by atoms with E-state index in [0.29, 0.717) is 22.5 Å². The molecule has 0 unspecified atom stereocenters. The number of pyridine rings is 1. The number of halogens is 1. The second-order valence-electron chi connectivity index (χ2n) is 14.3. The van der Waals surface area contributed by atoms with E-state index in [-0.39, 0.29) is 23.8 Å². The van der Waals surface area contributed by atoms with Crippen LogP contribution in [0.15, 0.2) is 42.9 Å². The van der Waals surface area contributed by atoms with Crippen LogP contribution in [0.2, 0.25) is 0 Å². The lowest BCUT2D eigenvalue weighted by atomic mass is 9.72. The Balaban J connectivity index is 1.08. The molecule has 7 rings (SSSR count). The Labute approximate surface area is 269 Å². The van der Waals surface area contributed by atoms with Gasteiger partial charge in [0.15, 0.2) is 5.82 Å². The maximum absolute atomic E-state index is 15.5. The number of nitrogens with one attached hydrogen (secondary N) is 1. The van der Waals surface area contributed by atoms with Crippen molar-refractivity contribution in [2.24, 2.45) is 12.5 Å². The average Bonchev–Trinajstić information content (AvgIpc) is 3.58. The molecule has 6 heterocycles. The quantitative estimate of drug-likeness (QED) is 0.316. The fraction of sp³-hybridized carbons (Fsp3) is 0.529. The molecule has 244 valence electrons. The largest absolute Gasteiger partial charge is 0.389 e. The number of fused-ring (bicyclic) bond motifs is 1. The molecule has 1 aromatic carbocycles. The van der Waals surface area contributed by atoms with E-state index in [1.807, 2.05) is 10.6 Å². The number of aromatic nitrogens is 5. The second-order valence-corrected chi connectivity index (χ2v) is 14.3. The minimum atomic E-state index is -1.08. The predicted molar refractivity (Wildman–Crippen MR) is 176 cm³/mol. The molecule has 0 aliphatic carbocycles. The molecule has 3 aliphatic rings. The SMILES string of the molecule is CN1CC2(CCN(C3CCN(c4ccc5nc(NC(=O)c6ccnc(-c7cnn(C)c7)c6F)n(CC(C)(C)O)c5c4)CC3)CC2)C1. The smallest absolute Gasteiger partial charge is 0.261 e. The third-order valence-corrected chi connectivity index (χ3v) is 10.0. The number of aliphatic hydroxyl groups is 1. The normalized spacial score (nSPS) is 19.6. The molecule has 4 aromatic rings. The highest BCUT2D eigenvalue weighted by atomic mass is 19.1. The summed E-state index contributed by atoms with van der Waals surface area (Å²) in [5.41, 5.74) is 2.45. The number of carbonyl (C=O) groups excluding carboxylic acids is 1. The number of imidazole rings is 1. The predicted octanol–water partition coefficient (Wildman–Crippen LogP) is 3.99. The molecule has 0 atom stereocenters. The maximum Gasteiger partial charge on any atom is 0.261 e. The number of hydrogen-bond donors (Lipinski definition) is 2. The maximum atomic E-state index is 15.5. The van der Waals surface area contributed by atoms with E-state index in [4.69, 9.17) is 4.98 Å². The molecule has 0 bridgehead atoms. The Morgan fingerprint density at radius 3 is 2.50 bits per heavy atom. The van der Waals surface area contributed by atoms with Crippen LogP contribution >= 0.6 is 0 Å². The van der Waals surface area contributed by atoms with Crippen LogP contribution in [0.5, 0.6) is 0 Å². The highest BCUT2D eigenvalue weighted by Crippen LogP contribution is 2.40. The molecule has 0 saturated carbocycles. The standard InChI is InChI=1S/C34H44FN9O2/c1-33(2,46)20-44-28-17-25(42-13-8-24(9-14-42)43-15-10-34(11-16-43)21-40(3)22-34)5-6-27(28)38-32(44)39-31(45)26-7-12-36-30(29(26)35)23-18-37-41(4)19-23/h5-7,12,17-19,24,46H,8-11,13-16,20-22H2,1-4H3,(H,38,39,45). The molecule has 0 radical (unpaired) electrons. The number of anilines is 2. The Kier molecular flexibility index (Phi) is 7.85. The molecule has 3 saturated heterocycles. The number of likely N-dealkylation sites (tertiary alicyclic amines) is 2. The van der Waals surface area contributed by atoms with Gasteiger partial charge >= 0.3 is 0 Å². The van der Waals surface area contributed by atoms with Gasteiger partial charge in [-0.25, -0.2) is 9.37 Å². The Morgan fingerprint density at radius 2 is 1.85 bits per heavy atom. The van der Waals surface area contributed by atoms with Crippen LogP contribution in [-0.2, 0) is 13.6 Å². The molecule has 46 heavy (non-hydrogen) atoms. The first kappa shape index (κ1) is 30.8. The molecular weight excluding hydrogens is 585 g/mol. The Morgan fingerprint density at radius 1 is 1.11 bits per heavy atom. The number of aryl methyl sites for hydroxylation is 1. The highest BCUT2D eigenvalue weighted by molar-refractivity contribution is 6.05. The van der Waals surface area contributed by atoms with Gasteiger partial charge in [-0.05, 0) is 89.3 Å². The van der Waals surface area contributed by atoms with Crippen molar-refractivity contribution in [3.05, 3.63) is 54.2 Å². The Bertz CT molecular complexity index is 1730. The molecule has 1 amide bonds. The number of piperidine rings is 2. The fourth-order valence-corrected chi connectivity index (χ4v) is 7.75. The summed E-state index contributed by atoms with van der Waals surface area (Å²) in [5, 5.41) is 17.7. The monoisotopic (exact) mass is 629 g/mol. The van der Waals surface area contributed by atoms with Crippen molar-refractivity contribution in [3.8, 4) is 11.3 Å². The Hall–Kier alpha value is -3.87. The first-order valence-corrected chi connectivity index (χ1v) is 16.3. The summed E-state index contributed by atoms with van der Waals surface area (Å²) in [4.78, 5) is 29.9. The number of carbonyl (C=O) groups is 1. The van der Waals surface area contributed by atoms with E-state index in [1.54, 1.807) is 31.8 Å². The summed E-state index contributed by atoms with van der Waals surface area (Å²) < 4.78 is 18.9. The zero-order valence-corrected chi connectivity index (χ0v) is 27.2. The van der Waals surface area contributed by atoms with E-state index in [9.17, 15) is 9.90 Å². The first-order valence-electron chi connectivity index (χ1n) is 16.3. The van der Waals surface area contributed by atoms with Gasteiger partial charge in [0, 0.05) is 62.9 Å². The third-order valence-electron chi connectivity index (χ3n) is 10.0. The first-order chi connectivity index (χ1) is 22.0. The summed E-state index contributed by atoms with van der Waals surface area (Å²) in [6.07, 6.45) is 9.46. The van der Waals surface area contributed by atoms with Gasteiger partial charge in [0.05, 0.1) is 34.9 Å². The van der Waals surface area contributed by atoms with Crippen molar-refractivity contribution in [2.75, 3.05) is 56.5 Å². The van der Waals surface area contributed by atoms with Gasteiger partial charge in [-0.15, -0.1) is 0 Å². The lowest BCUT2D eigenvalue weighted by molar-refractivity contribution is -0.0419. The minimum Gasteiger partial charge on any atom is -0.389 e. The fourth-order valence-electron chi connectivity index (χ4n) is 7.75. The van der Waals surface area contributed by atoms with Gasteiger partial charge in [0.1, 0.15) is 5.69 Å². The molecule has 11 nitrogen and oxygen atoms in total. The van der Waals surface area contributed by atoms with Crippen molar-refractivity contribution in [1.82, 2.24) is 34.1 Å². The summed E-state index contributed by atoms with van der Waals surface area (Å²) in [6.45, 7) is 10.5. The van der Waals surface area contributed by atoms with Crippen LogP contribution in [0.25, 0.3) is 22.3 Å². The van der Waals surface area contributed by atoms with E-state index >= 15 is 4.39 Å². The van der Waals surface area contributed by atoms with Crippen LogP contribution in [0.4, 0.5) is 16.0 Å². The topological polar surface area (TPSA) is 108 Å². The number of amides is 1. The number of nitrogens with zero attached hydrogens (tertiary/aromatic N) is 8. The molecule has 3 fully saturated rings. The molecule has 2 N–H and O–H groups in total. The van der Waals surface area contributed by atoms with Crippen molar-refractivity contribution < 1.29 is 14.3 Å². The van der Waals surface area contributed by atoms with Gasteiger partial charge in [-0.1, -0.05) is 0 Å². The van der Waals surface area contributed by atoms with Gasteiger partial charge in [-0.2, -0.15) is 5.10 Å². The van der Waals surface area contributed by atoms with E-state index in [0.717, 1.165) is 37.1 Å². The third kappa shape index (κ3) is 6.01. The highest BCUT2D eigenvalue weighted by Gasteiger charge is 2.44. The molecule has 1 spiro atoms. The van der Waals surface area contributed by atoms with Crippen molar-refractivity contribution >= 4 is 28.6 Å². The van der Waals surface area contributed by atoms with Crippen LogP contribution in [0.3, 0.4) is 0 Å². The van der Waals surface area contributed by atoms with Gasteiger partial charge < -0.3 is 24.4 Å². The zero-order chi connectivity index (χ0) is 32.2. The molecular formula is C34H44FN9O2. The van der Waals surface area contributed by atoms with Crippen molar-refractivity contribution in [3.63, 3.8) is 0 Å². The summed E-state index contributed by atoms with van der Waals surface area (Å²) in [6, 6.07) is 8.11. The van der Waals surface area contributed by atoms with E-state index in [1.165, 1.54) is 57.5 Å².